The number of amides is 1. The van der Waals surface area contributed by atoms with E-state index in [0.717, 1.165) is 6.42 Å². The number of hydrogen-bond donors (Lipinski definition) is 2. The highest BCUT2D eigenvalue weighted by atomic mass is 32.1. The normalized spacial score (nSPS) is 13.2. The monoisotopic (exact) mass is 270 g/mol. The van der Waals surface area contributed by atoms with E-state index in [4.69, 9.17) is 10.5 Å². The molecule has 0 aliphatic heterocycles. The molecule has 1 unspecified atom stereocenters. The Labute approximate surface area is 113 Å². The number of nitrogens with two attached hydrogens (primary N) is 1. The second-order valence-electron chi connectivity index (χ2n) is 5.31. The largest absolute Gasteiger partial charge is 0.444 e. The summed E-state index contributed by atoms with van der Waals surface area (Å²) in [4.78, 5) is 12.9. The van der Waals surface area contributed by atoms with Crippen LogP contribution in [0.4, 0.5) is 4.79 Å². The molecule has 0 saturated carbocycles. The topological polar surface area (TPSA) is 64.3 Å². The van der Waals surface area contributed by atoms with E-state index < -0.39 is 11.7 Å². The number of hydrogen-bond acceptors (Lipinski definition) is 4. The van der Waals surface area contributed by atoms with Gasteiger partial charge in [0.05, 0.1) is 0 Å². The summed E-state index contributed by atoms with van der Waals surface area (Å²) in [5, 5.41) is 4.86. The fourth-order valence-corrected chi connectivity index (χ4v) is 2.49. The summed E-state index contributed by atoms with van der Waals surface area (Å²) in [5.74, 6) is 0. The van der Waals surface area contributed by atoms with Crippen molar-refractivity contribution in [1.82, 2.24) is 5.32 Å². The minimum atomic E-state index is -0.484. The van der Waals surface area contributed by atoms with Gasteiger partial charge in [-0.05, 0) is 44.7 Å². The maximum Gasteiger partial charge on any atom is 0.407 e. The molecule has 0 fully saturated rings. The van der Waals surface area contributed by atoms with Crippen molar-refractivity contribution in [3.05, 3.63) is 21.9 Å². The Morgan fingerprint density at radius 3 is 2.67 bits per heavy atom. The summed E-state index contributed by atoms with van der Waals surface area (Å²) < 4.78 is 5.22. The van der Waals surface area contributed by atoms with Gasteiger partial charge < -0.3 is 15.8 Å². The molecule has 1 atom stereocenters. The zero-order valence-corrected chi connectivity index (χ0v) is 12.3. The molecule has 102 valence electrons. The van der Waals surface area contributed by atoms with Gasteiger partial charge in [0.15, 0.2) is 0 Å². The van der Waals surface area contributed by atoms with Gasteiger partial charge in [-0.15, -0.1) is 11.3 Å². The lowest BCUT2D eigenvalue weighted by atomic mass is 10.1. The lowest BCUT2D eigenvalue weighted by molar-refractivity contribution is 0.0506. The van der Waals surface area contributed by atoms with E-state index >= 15 is 0 Å². The van der Waals surface area contributed by atoms with Crippen molar-refractivity contribution < 1.29 is 9.53 Å². The van der Waals surface area contributed by atoms with Crippen LogP contribution in [0.2, 0.25) is 0 Å². The first-order chi connectivity index (χ1) is 8.31. The van der Waals surface area contributed by atoms with E-state index in [1.165, 1.54) is 10.4 Å². The minimum Gasteiger partial charge on any atom is -0.444 e. The Bertz CT molecular complexity index is 396. The molecule has 18 heavy (non-hydrogen) atoms. The maximum absolute atomic E-state index is 11.7. The van der Waals surface area contributed by atoms with Gasteiger partial charge in [-0.25, -0.2) is 4.79 Å². The molecule has 1 aromatic rings. The molecule has 1 rings (SSSR count). The van der Waals surface area contributed by atoms with Crippen molar-refractivity contribution in [2.75, 3.05) is 6.54 Å². The average molecular weight is 270 g/mol. The summed E-state index contributed by atoms with van der Waals surface area (Å²) in [6.07, 6.45) is 0.339. The molecule has 0 aliphatic rings. The first-order valence-corrected chi connectivity index (χ1v) is 6.92. The number of carbonyl (C=O) groups excluding carboxylic acids is 1. The van der Waals surface area contributed by atoms with Crippen LogP contribution in [0.5, 0.6) is 0 Å². The second kappa shape index (κ2) is 6.20. The summed E-state index contributed by atoms with van der Waals surface area (Å²) in [5.41, 5.74) is 6.44. The number of rotatable bonds is 4. The van der Waals surface area contributed by atoms with E-state index in [-0.39, 0.29) is 6.04 Å². The molecule has 3 N–H and O–H groups in total. The second-order valence-corrected chi connectivity index (χ2v) is 6.31. The molecule has 5 heteroatoms. The van der Waals surface area contributed by atoms with Crippen LogP contribution < -0.4 is 11.1 Å². The molecule has 1 amide bonds. The molecular weight excluding hydrogens is 248 g/mol. The molecule has 1 heterocycles. The summed E-state index contributed by atoms with van der Waals surface area (Å²) in [7, 11) is 0. The van der Waals surface area contributed by atoms with Gasteiger partial charge in [0, 0.05) is 23.9 Å². The predicted molar refractivity (Wildman–Crippen MR) is 75.0 cm³/mol. The summed E-state index contributed by atoms with van der Waals surface area (Å²) in [6, 6.07) is 1.98. The molecule has 0 bridgehead atoms. The number of alkyl carbamates (subject to hydrolysis) is 1. The molecule has 1 aromatic heterocycles. The van der Waals surface area contributed by atoms with Gasteiger partial charge in [0.25, 0.3) is 0 Å². The number of nitrogens with one attached hydrogen (secondary N) is 1. The van der Waals surface area contributed by atoms with Gasteiger partial charge >= 0.3 is 6.09 Å². The number of ether oxygens (including phenoxy) is 1. The third-order valence-corrected chi connectivity index (χ3v) is 3.45. The molecule has 4 nitrogen and oxygen atoms in total. The Hall–Kier alpha value is -1.07. The molecule has 0 spiro atoms. The van der Waals surface area contributed by atoms with Gasteiger partial charge in [0.2, 0.25) is 0 Å². The number of carbonyl (C=O) groups is 1. The molecular formula is C13H22N2O2S. The molecule has 0 aliphatic carbocycles. The van der Waals surface area contributed by atoms with Gasteiger partial charge in [-0.2, -0.15) is 0 Å². The summed E-state index contributed by atoms with van der Waals surface area (Å²) in [6.45, 7) is 7.98. The van der Waals surface area contributed by atoms with E-state index in [9.17, 15) is 4.79 Å². The third kappa shape index (κ3) is 5.06. The SMILES string of the molecule is Cc1ccsc1CC(CN)NC(=O)OC(C)(C)C. The first-order valence-electron chi connectivity index (χ1n) is 6.04. The van der Waals surface area contributed by atoms with Crippen molar-refractivity contribution in [3.63, 3.8) is 0 Å². The summed E-state index contributed by atoms with van der Waals surface area (Å²) >= 11 is 1.69. The van der Waals surface area contributed by atoms with E-state index in [1.54, 1.807) is 11.3 Å². The van der Waals surface area contributed by atoms with Crippen molar-refractivity contribution in [1.29, 1.82) is 0 Å². The lowest BCUT2D eigenvalue weighted by Crippen LogP contribution is -2.44. The van der Waals surface area contributed by atoms with Crippen LogP contribution in [0.1, 0.15) is 31.2 Å². The van der Waals surface area contributed by atoms with Crippen LogP contribution in [0, 0.1) is 6.92 Å². The Morgan fingerprint density at radius 2 is 2.22 bits per heavy atom. The Balaban J connectivity index is 2.52. The van der Waals surface area contributed by atoms with Crippen LogP contribution in [-0.2, 0) is 11.2 Å². The first kappa shape index (κ1) is 15.0. The molecule has 0 saturated heterocycles. The third-order valence-electron chi connectivity index (χ3n) is 2.41. The highest BCUT2D eigenvalue weighted by Gasteiger charge is 2.19. The zero-order valence-electron chi connectivity index (χ0n) is 11.4. The maximum atomic E-state index is 11.7. The molecule has 0 radical (unpaired) electrons. The average Bonchev–Trinajstić information content (AvgIpc) is 2.60. The van der Waals surface area contributed by atoms with E-state index in [0.29, 0.717) is 6.54 Å². The lowest BCUT2D eigenvalue weighted by Gasteiger charge is -2.23. The van der Waals surface area contributed by atoms with Crippen LogP contribution >= 0.6 is 11.3 Å². The van der Waals surface area contributed by atoms with Gasteiger partial charge in [-0.1, -0.05) is 0 Å². The Morgan fingerprint density at radius 1 is 1.56 bits per heavy atom. The van der Waals surface area contributed by atoms with E-state index in [2.05, 4.69) is 18.3 Å². The number of thiophene rings is 1. The van der Waals surface area contributed by atoms with Crippen molar-refractivity contribution in [2.24, 2.45) is 5.73 Å². The predicted octanol–water partition coefficient (Wildman–Crippen LogP) is 2.45. The van der Waals surface area contributed by atoms with Gasteiger partial charge in [0.1, 0.15) is 5.60 Å². The number of aryl methyl sites for hydroxylation is 1. The highest BCUT2D eigenvalue weighted by Crippen LogP contribution is 2.17. The minimum absolute atomic E-state index is 0.0859. The Kier molecular flexibility index (Phi) is 5.16. The van der Waals surface area contributed by atoms with Crippen LogP contribution in [-0.4, -0.2) is 24.3 Å². The molecule has 0 aromatic carbocycles. The highest BCUT2D eigenvalue weighted by molar-refractivity contribution is 7.10. The van der Waals surface area contributed by atoms with Crippen LogP contribution in [0.15, 0.2) is 11.4 Å². The fraction of sp³-hybridized carbons (Fsp3) is 0.615. The quantitative estimate of drug-likeness (QED) is 0.883. The van der Waals surface area contributed by atoms with Gasteiger partial charge in [-0.3, -0.25) is 0 Å². The van der Waals surface area contributed by atoms with E-state index in [1.807, 2.05) is 26.2 Å². The van der Waals surface area contributed by atoms with Crippen molar-refractivity contribution in [3.8, 4) is 0 Å². The van der Waals surface area contributed by atoms with Crippen molar-refractivity contribution in [2.45, 2.75) is 45.8 Å². The van der Waals surface area contributed by atoms with Crippen LogP contribution in [0.25, 0.3) is 0 Å². The fourth-order valence-electron chi connectivity index (χ4n) is 1.50. The smallest absolute Gasteiger partial charge is 0.407 e. The zero-order chi connectivity index (χ0) is 13.8. The standard InChI is InChI=1S/C13H22N2O2S/c1-9-5-6-18-11(9)7-10(8-14)15-12(16)17-13(2,3)4/h5-6,10H,7-8,14H2,1-4H3,(H,15,16). The van der Waals surface area contributed by atoms with Crippen LogP contribution in [0.3, 0.4) is 0 Å². The van der Waals surface area contributed by atoms with Crippen molar-refractivity contribution >= 4 is 17.4 Å².